The number of halogens is 1. The number of carbonyl (C=O) groups excluding carboxylic acids is 2. The minimum Gasteiger partial charge on any atom is -0.459 e. The molecule has 1 saturated carbocycles. The monoisotopic (exact) mass is 440 g/mol. The molecular formula is C24H25FN2O3S. The average Bonchev–Trinajstić information content (AvgIpc) is 3.50. The highest BCUT2D eigenvalue weighted by molar-refractivity contribution is 7.10. The van der Waals surface area contributed by atoms with Crippen LogP contribution in [-0.2, 0) is 11.3 Å². The lowest BCUT2D eigenvalue weighted by Crippen LogP contribution is -2.46. The standard InChI is InChI=1S/C24H25FN2O3S/c25-18-12-10-17(11-13-18)16-27(24(29)20-8-4-14-30-20)22(21-9-5-15-31-21)23(28)26-19-6-2-1-3-7-19/h4-5,8-15,19,22H,1-3,6-7,16H2,(H,26,28). The average molecular weight is 441 g/mol. The summed E-state index contributed by atoms with van der Waals surface area (Å²) in [6.45, 7) is 0.153. The molecular weight excluding hydrogens is 415 g/mol. The quantitative estimate of drug-likeness (QED) is 0.541. The van der Waals surface area contributed by atoms with Crippen LogP contribution in [0.3, 0.4) is 0 Å². The third-order valence-corrected chi connectivity index (χ3v) is 6.51. The van der Waals surface area contributed by atoms with Gasteiger partial charge in [0.2, 0.25) is 5.91 Å². The van der Waals surface area contributed by atoms with Gasteiger partial charge in [-0.25, -0.2) is 4.39 Å². The van der Waals surface area contributed by atoms with E-state index in [9.17, 15) is 14.0 Å². The summed E-state index contributed by atoms with van der Waals surface area (Å²) < 4.78 is 18.8. The Morgan fingerprint density at radius 3 is 2.52 bits per heavy atom. The summed E-state index contributed by atoms with van der Waals surface area (Å²) in [5.41, 5.74) is 0.730. The molecule has 1 aliphatic carbocycles. The van der Waals surface area contributed by atoms with E-state index >= 15 is 0 Å². The smallest absolute Gasteiger partial charge is 0.290 e. The lowest BCUT2D eigenvalue weighted by molar-refractivity contribution is -0.127. The van der Waals surface area contributed by atoms with Crippen LogP contribution in [-0.4, -0.2) is 22.8 Å². The van der Waals surface area contributed by atoms with Crippen LogP contribution < -0.4 is 5.32 Å². The van der Waals surface area contributed by atoms with E-state index in [0.717, 1.165) is 36.1 Å². The first kappa shape index (κ1) is 21.3. The van der Waals surface area contributed by atoms with Gasteiger partial charge in [0.25, 0.3) is 5.91 Å². The Kier molecular flexibility index (Phi) is 6.82. The first-order chi connectivity index (χ1) is 15.1. The van der Waals surface area contributed by atoms with Gasteiger partial charge in [-0.05, 0) is 54.1 Å². The van der Waals surface area contributed by atoms with Crippen LogP contribution in [0.1, 0.15) is 59.1 Å². The van der Waals surface area contributed by atoms with Crippen molar-refractivity contribution >= 4 is 23.2 Å². The highest BCUT2D eigenvalue weighted by Crippen LogP contribution is 2.30. The number of hydrogen-bond acceptors (Lipinski definition) is 4. The van der Waals surface area contributed by atoms with E-state index in [2.05, 4.69) is 5.32 Å². The zero-order valence-electron chi connectivity index (χ0n) is 17.1. The van der Waals surface area contributed by atoms with Crippen LogP contribution in [0.4, 0.5) is 4.39 Å². The maximum absolute atomic E-state index is 13.5. The van der Waals surface area contributed by atoms with Gasteiger partial charge in [-0.1, -0.05) is 37.5 Å². The molecule has 0 spiro atoms. The topological polar surface area (TPSA) is 62.6 Å². The molecule has 0 radical (unpaired) electrons. The van der Waals surface area contributed by atoms with Crippen molar-refractivity contribution in [3.05, 3.63) is 82.2 Å². The summed E-state index contributed by atoms with van der Waals surface area (Å²) in [4.78, 5) is 29.2. The van der Waals surface area contributed by atoms with Crippen LogP contribution in [0.15, 0.2) is 64.6 Å². The van der Waals surface area contributed by atoms with Crippen molar-refractivity contribution in [1.29, 1.82) is 0 Å². The van der Waals surface area contributed by atoms with Crippen LogP contribution in [0.5, 0.6) is 0 Å². The molecule has 0 saturated heterocycles. The number of amides is 2. The molecule has 2 heterocycles. The zero-order chi connectivity index (χ0) is 21.6. The van der Waals surface area contributed by atoms with Gasteiger partial charge in [-0.3, -0.25) is 9.59 Å². The van der Waals surface area contributed by atoms with E-state index in [4.69, 9.17) is 4.42 Å². The van der Waals surface area contributed by atoms with Gasteiger partial charge in [0.15, 0.2) is 5.76 Å². The maximum Gasteiger partial charge on any atom is 0.290 e. The van der Waals surface area contributed by atoms with Gasteiger partial charge < -0.3 is 14.6 Å². The normalized spacial score (nSPS) is 15.4. The third kappa shape index (κ3) is 5.22. The number of nitrogens with one attached hydrogen (secondary N) is 1. The number of thiophene rings is 1. The van der Waals surface area contributed by atoms with Gasteiger partial charge >= 0.3 is 0 Å². The minimum absolute atomic E-state index is 0.120. The molecule has 0 aliphatic heterocycles. The highest BCUT2D eigenvalue weighted by atomic mass is 32.1. The third-order valence-electron chi connectivity index (χ3n) is 5.58. The summed E-state index contributed by atoms with van der Waals surface area (Å²) in [5, 5.41) is 5.06. The second kappa shape index (κ2) is 9.92. The van der Waals surface area contributed by atoms with Crippen molar-refractivity contribution in [2.45, 2.75) is 50.7 Å². The molecule has 2 amide bonds. The van der Waals surface area contributed by atoms with Crippen LogP contribution in [0.2, 0.25) is 0 Å². The fourth-order valence-corrected chi connectivity index (χ4v) is 4.84. The van der Waals surface area contributed by atoms with Crippen molar-refractivity contribution in [1.82, 2.24) is 10.2 Å². The Morgan fingerprint density at radius 1 is 1.10 bits per heavy atom. The van der Waals surface area contributed by atoms with Crippen molar-refractivity contribution in [3.63, 3.8) is 0 Å². The number of nitrogens with zero attached hydrogens (tertiary/aromatic N) is 1. The first-order valence-electron chi connectivity index (χ1n) is 10.5. The van der Waals surface area contributed by atoms with Gasteiger partial charge in [-0.15, -0.1) is 11.3 Å². The SMILES string of the molecule is O=C(NC1CCCCC1)C(c1cccs1)N(Cc1ccc(F)cc1)C(=O)c1ccco1. The Hall–Kier alpha value is -2.93. The van der Waals surface area contributed by atoms with Crippen LogP contribution >= 0.6 is 11.3 Å². The maximum atomic E-state index is 13.5. The van der Waals surface area contributed by atoms with Crippen molar-refractivity contribution in [2.75, 3.05) is 0 Å². The molecule has 5 nitrogen and oxygen atoms in total. The fourth-order valence-electron chi connectivity index (χ4n) is 4.01. The molecule has 1 atom stereocenters. The number of hydrogen-bond donors (Lipinski definition) is 1. The lowest BCUT2D eigenvalue weighted by Gasteiger charge is -2.32. The molecule has 1 fully saturated rings. The highest BCUT2D eigenvalue weighted by Gasteiger charge is 2.35. The minimum atomic E-state index is -0.801. The molecule has 31 heavy (non-hydrogen) atoms. The summed E-state index contributed by atoms with van der Waals surface area (Å²) in [7, 11) is 0. The van der Waals surface area contributed by atoms with E-state index in [1.165, 1.54) is 41.1 Å². The summed E-state index contributed by atoms with van der Waals surface area (Å²) in [6.07, 6.45) is 6.72. The van der Waals surface area contributed by atoms with Gasteiger partial charge in [0, 0.05) is 17.5 Å². The molecule has 1 N–H and O–H groups in total. The van der Waals surface area contributed by atoms with Gasteiger partial charge in [-0.2, -0.15) is 0 Å². The number of furan rings is 1. The van der Waals surface area contributed by atoms with Gasteiger partial charge in [0.05, 0.1) is 6.26 Å². The van der Waals surface area contributed by atoms with E-state index < -0.39 is 6.04 Å². The fraction of sp³-hybridized carbons (Fsp3) is 0.333. The molecule has 3 aromatic rings. The van der Waals surface area contributed by atoms with Crippen LogP contribution in [0.25, 0.3) is 0 Å². The number of carbonyl (C=O) groups is 2. The molecule has 1 aromatic carbocycles. The van der Waals surface area contributed by atoms with E-state index in [1.54, 1.807) is 24.3 Å². The molecule has 4 rings (SSSR count). The molecule has 1 aliphatic rings. The molecule has 2 aromatic heterocycles. The van der Waals surface area contributed by atoms with Gasteiger partial charge in [0.1, 0.15) is 11.9 Å². The zero-order valence-corrected chi connectivity index (χ0v) is 17.9. The molecule has 162 valence electrons. The van der Waals surface area contributed by atoms with E-state index in [-0.39, 0.29) is 36.0 Å². The summed E-state index contributed by atoms with van der Waals surface area (Å²) in [5.74, 6) is -0.769. The Morgan fingerprint density at radius 2 is 1.87 bits per heavy atom. The second-order valence-electron chi connectivity index (χ2n) is 7.80. The summed E-state index contributed by atoms with van der Waals surface area (Å²) in [6, 6.07) is 12.2. The predicted molar refractivity (Wildman–Crippen MR) is 117 cm³/mol. The Balaban J connectivity index is 1.67. The summed E-state index contributed by atoms with van der Waals surface area (Å²) >= 11 is 1.43. The molecule has 0 bridgehead atoms. The van der Waals surface area contributed by atoms with E-state index in [1.807, 2.05) is 17.5 Å². The number of benzene rings is 1. The largest absolute Gasteiger partial charge is 0.459 e. The predicted octanol–water partition coefficient (Wildman–Crippen LogP) is 5.31. The Labute approximate surface area is 184 Å². The second-order valence-corrected chi connectivity index (χ2v) is 8.78. The molecule has 1 unspecified atom stereocenters. The first-order valence-corrected chi connectivity index (χ1v) is 11.4. The van der Waals surface area contributed by atoms with Crippen LogP contribution in [0, 0.1) is 5.82 Å². The number of rotatable bonds is 7. The van der Waals surface area contributed by atoms with Crippen molar-refractivity contribution in [3.8, 4) is 0 Å². The lowest BCUT2D eigenvalue weighted by atomic mass is 9.95. The van der Waals surface area contributed by atoms with E-state index in [0.29, 0.717) is 0 Å². The Bertz CT molecular complexity index is 981. The molecule has 7 heteroatoms. The van der Waals surface area contributed by atoms with Crippen molar-refractivity contribution < 1.29 is 18.4 Å². The van der Waals surface area contributed by atoms with Crippen molar-refractivity contribution in [2.24, 2.45) is 0 Å².